The van der Waals surface area contributed by atoms with E-state index in [1.807, 2.05) is 42.8 Å². The van der Waals surface area contributed by atoms with E-state index in [0.29, 0.717) is 26.4 Å². The molecular weight excluding hydrogens is 554 g/mol. The highest BCUT2D eigenvalue weighted by Gasteiger charge is 2.33. The fraction of sp³-hybridized carbons (Fsp3) is 0.520. The van der Waals surface area contributed by atoms with Gasteiger partial charge in [0.15, 0.2) is 0 Å². The van der Waals surface area contributed by atoms with Crippen LogP contribution in [-0.2, 0) is 18.0 Å². The van der Waals surface area contributed by atoms with Gasteiger partial charge in [-0.15, -0.1) is 0 Å². The summed E-state index contributed by atoms with van der Waals surface area (Å²) in [5, 5.41) is 13.8. The summed E-state index contributed by atoms with van der Waals surface area (Å²) in [6.45, 7) is 13.8. The van der Waals surface area contributed by atoms with Crippen LogP contribution in [0.15, 0.2) is 35.2 Å². The molecule has 3 aromatic heterocycles. The van der Waals surface area contributed by atoms with Crippen molar-refractivity contribution in [1.82, 2.24) is 24.4 Å². The predicted octanol–water partition coefficient (Wildman–Crippen LogP) is 5.09. The molecule has 0 aliphatic carbocycles. The van der Waals surface area contributed by atoms with Crippen molar-refractivity contribution in [3.8, 4) is 0 Å². The first-order chi connectivity index (χ1) is 17.5. The Morgan fingerprint density at radius 1 is 1.22 bits per heavy atom. The van der Waals surface area contributed by atoms with Crippen molar-refractivity contribution in [3.63, 3.8) is 0 Å². The number of fused-ring (bicyclic) bond motifs is 1. The highest BCUT2D eigenvalue weighted by atomic mass is 79.9. The Balaban J connectivity index is 1.44. The minimum Gasteiger partial charge on any atom is -0.465 e. The lowest BCUT2D eigenvalue weighted by Gasteiger charge is -2.43. The number of anilines is 2. The Hall–Kier alpha value is -2.70. The molecule has 4 heterocycles. The lowest BCUT2D eigenvalue weighted by Crippen LogP contribution is -2.58. The molecule has 1 saturated heterocycles. The van der Waals surface area contributed by atoms with Crippen LogP contribution < -0.4 is 10.2 Å². The quantitative estimate of drug-likeness (QED) is 0.262. The Morgan fingerprint density at radius 2 is 1.95 bits per heavy atom. The lowest BCUT2D eigenvalue weighted by molar-refractivity contribution is 0.0898. The smallest absolute Gasteiger partial charge is 0.407 e. The number of hydrogen-bond acceptors (Lipinski definition) is 7. The summed E-state index contributed by atoms with van der Waals surface area (Å²) in [6, 6.07) is 6.83. The molecule has 1 aliphatic heterocycles. The van der Waals surface area contributed by atoms with Gasteiger partial charge in [0.2, 0.25) is 0 Å². The molecule has 0 aromatic carbocycles. The van der Waals surface area contributed by atoms with Crippen molar-refractivity contribution < 1.29 is 14.6 Å². The molecule has 0 saturated carbocycles. The summed E-state index contributed by atoms with van der Waals surface area (Å²) in [4.78, 5) is 29.1. The third kappa shape index (κ3) is 6.60. The maximum Gasteiger partial charge on any atom is 0.407 e. The summed E-state index contributed by atoms with van der Waals surface area (Å²) < 4.78 is 8.84. The zero-order valence-corrected chi connectivity index (χ0v) is 24.7. The molecule has 1 aliphatic rings. The number of carbonyl (C=O) groups is 1. The van der Waals surface area contributed by atoms with Crippen molar-refractivity contribution in [1.29, 1.82) is 0 Å². The SMILES string of the molecule is C[C@@H]1CN(c2cccc(CNc3ncnc4c3c(Br)cn4COCC[Si](C)(C)C)n2)C[C@H](C)N1C(=O)O. The van der Waals surface area contributed by atoms with E-state index in [9.17, 15) is 9.90 Å². The number of nitrogens with zero attached hydrogens (tertiary/aromatic N) is 6. The van der Waals surface area contributed by atoms with Crippen molar-refractivity contribution in [2.75, 3.05) is 29.9 Å². The Kier molecular flexibility index (Phi) is 8.39. The summed E-state index contributed by atoms with van der Waals surface area (Å²) in [6.07, 6.45) is 2.67. The zero-order chi connectivity index (χ0) is 26.7. The van der Waals surface area contributed by atoms with E-state index >= 15 is 0 Å². The molecule has 2 N–H and O–H groups in total. The minimum atomic E-state index is -1.14. The number of hydrogen-bond donors (Lipinski definition) is 2. The van der Waals surface area contributed by atoms with E-state index in [2.05, 4.69) is 55.8 Å². The van der Waals surface area contributed by atoms with Crippen molar-refractivity contribution in [3.05, 3.63) is 40.9 Å². The van der Waals surface area contributed by atoms with Gasteiger partial charge in [-0.05, 0) is 48.0 Å². The number of halogens is 1. The van der Waals surface area contributed by atoms with Gasteiger partial charge < -0.3 is 24.6 Å². The average molecular weight is 591 g/mol. The molecule has 4 rings (SSSR count). The fourth-order valence-electron chi connectivity index (χ4n) is 4.65. The minimum absolute atomic E-state index is 0.111. The Morgan fingerprint density at radius 3 is 2.62 bits per heavy atom. The van der Waals surface area contributed by atoms with Gasteiger partial charge >= 0.3 is 6.09 Å². The van der Waals surface area contributed by atoms with Crippen molar-refractivity contribution in [2.24, 2.45) is 0 Å². The van der Waals surface area contributed by atoms with Crippen LogP contribution in [0.2, 0.25) is 25.7 Å². The second kappa shape index (κ2) is 11.4. The molecule has 12 heteroatoms. The van der Waals surface area contributed by atoms with Crippen LogP contribution in [0.3, 0.4) is 0 Å². The monoisotopic (exact) mass is 589 g/mol. The Labute approximate surface area is 227 Å². The number of amides is 1. The molecule has 2 atom stereocenters. The van der Waals surface area contributed by atoms with E-state index < -0.39 is 14.2 Å². The molecule has 37 heavy (non-hydrogen) atoms. The molecule has 10 nitrogen and oxygen atoms in total. The highest BCUT2D eigenvalue weighted by molar-refractivity contribution is 9.10. The molecule has 0 spiro atoms. The topological polar surface area (TPSA) is 109 Å². The molecule has 0 unspecified atom stereocenters. The average Bonchev–Trinajstić information content (AvgIpc) is 3.15. The highest BCUT2D eigenvalue weighted by Crippen LogP contribution is 2.30. The van der Waals surface area contributed by atoms with Gasteiger partial charge in [-0.2, -0.15) is 0 Å². The van der Waals surface area contributed by atoms with Gasteiger partial charge in [0.25, 0.3) is 0 Å². The first kappa shape index (κ1) is 27.3. The molecule has 0 radical (unpaired) electrons. The maximum atomic E-state index is 11.6. The van der Waals surface area contributed by atoms with Gasteiger partial charge in [-0.25, -0.2) is 19.7 Å². The van der Waals surface area contributed by atoms with Crippen LogP contribution in [0.4, 0.5) is 16.4 Å². The maximum absolute atomic E-state index is 11.6. The summed E-state index contributed by atoms with van der Waals surface area (Å²) in [7, 11) is -1.14. The molecule has 1 amide bonds. The normalized spacial score (nSPS) is 18.4. The summed E-state index contributed by atoms with van der Waals surface area (Å²) >= 11 is 3.67. The van der Waals surface area contributed by atoms with Crippen LogP contribution in [0, 0.1) is 0 Å². The van der Waals surface area contributed by atoms with Gasteiger partial charge in [0.05, 0.1) is 29.7 Å². The number of rotatable bonds is 9. The zero-order valence-electron chi connectivity index (χ0n) is 22.1. The van der Waals surface area contributed by atoms with Crippen LogP contribution in [0.5, 0.6) is 0 Å². The second-order valence-corrected chi connectivity index (χ2v) is 17.3. The molecule has 1 fully saturated rings. The first-order valence-corrected chi connectivity index (χ1v) is 17.1. The number of pyridine rings is 1. The van der Waals surface area contributed by atoms with Crippen LogP contribution >= 0.6 is 15.9 Å². The fourth-order valence-corrected chi connectivity index (χ4v) is 6.02. The number of nitrogens with one attached hydrogen (secondary N) is 1. The van der Waals surface area contributed by atoms with E-state index in [0.717, 1.165) is 45.5 Å². The van der Waals surface area contributed by atoms with E-state index in [1.165, 1.54) is 4.90 Å². The molecule has 200 valence electrons. The summed E-state index contributed by atoms with van der Waals surface area (Å²) in [5.74, 6) is 1.57. The Bertz CT molecular complexity index is 1240. The van der Waals surface area contributed by atoms with Gasteiger partial charge in [0.1, 0.15) is 30.3 Å². The largest absolute Gasteiger partial charge is 0.465 e. The van der Waals surface area contributed by atoms with Gasteiger partial charge in [-0.1, -0.05) is 25.7 Å². The number of ether oxygens (including phenoxy) is 1. The lowest BCUT2D eigenvalue weighted by atomic mass is 10.1. The molecule has 3 aromatic rings. The van der Waals surface area contributed by atoms with Crippen molar-refractivity contribution >= 4 is 52.8 Å². The van der Waals surface area contributed by atoms with Crippen LogP contribution in [0.1, 0.15) is 19.5 Å². The summed E-state index contributed by atoms with van der Waals surface area (Å²) in [5.41, 5.74) is 1.67. The molecule has 0 bridgehead atoms. The van der Waals surface area contributed by atoms with E-state index in [4.69, 9.17) is 9.72 Å². The number of carboxylic acid groups (broad SMARTS) is 1. The van der Waals surface area contributed by atoms with Crippen molar-refractivity contribution in [2.45, 2.75) is 64.9 Å². The van der Waals surface area contributed by atoms with Crippen LogP contribution in [0.25, 0.3) is 11.0 Å². The first-order valence-electron chi connectivity index (χ1n) is 12.6. The number of aromatic nitrogens is 4. The third-order valence-electron chi connectivity index (χ3n) is 6.53. The standard InChI is InChI=1S/C25H36BrN7O3Si/c1-17-12-31(13-18(2)33(17)25(34)35)21-8-6-7-19(30-21)11-27-23-22-20(26)14-32(24(22)29-15-28-23)16-36-9-10-37(3,4)5/h6-8,14-15,17-18H,9-13,16H2,1-5H3,(H,34,35)(H,27,28,29)/t17-,18+. The predicted molar refractivity (Wildman–Crippen MR) is 152 cm³/mol. The van der Waals surface area contributed by atoms with Gasteiger partial charge in [0, 0.05) is 38.4 Å². The van der Waals surface area contributed by atoms with Crippen LogP contribution in [-0.4, -0.2) is 75.5 Å². The van der Waals surface area contributed by atoms with E-state index in [-0.39, 0.29) is 12.1 Å². The third-order valence-corrected chi connectivity index (χ3v) is 8.83. The molecular formula is C25H36BrN7O3Si. The van der Waals surface area contributed by atoms with Gasteiger partial charge in [-0.3, -0.25) is 4.90 Å². The number of piperazine rings is 1. The van der Waals surface area contributed by atoms with E-state index in [1.54, 1.807) is 6.33 Å². The second-order valence-electron chi connectivity index (χ2n) is 10.8.